The van der Waals surface area contributed by atoms with Crippen molar-refractivity contribution in [3.63, 3.8) is 0 Å². The first kappa shape index (κ1) is 10.7. The van der Waals surface area contributed by atoms with Crippen molar-refractivity contribution >= 4 is 0 Å². The minimum Gasteiger partial charge on any atom is -0.314 e. The Morgan fingerprint density at radius 2 is 2.00 bits per heavy atom. The van der Waals surface area contributed by atoms with Gasteiger partial charge < -0.3 is 5.32 Å². The third kappa shape index (κ3) is 2.58. The SMILES string of the molecule is C[C@@H]1CNCC(Cc2ccccc2)N1C. The van der Waals surface area contributed by atoms with Crippen molar-refractivity contribution in [3.05, 3.63) is 35.9 Å². The third-order valence-electron chi connectivity index (χ3n) is 3.41. The van der Waals surface area contributed by atoms with E-state index in [2.05, 4.69) is 54.5 Å². The molecule has 0 bridgehead atoms. The van der Waals surface area contributed by atoms with Crippen LogP contribution in [0.5, 0.6) is 0 Å². The number of likely N-dealkylation sites (N-methyl/N-ethyl adjacent to an activating group) is 1. The summed E-state index contributed by atoms with van der Waals surface area (Å²) in [6, 6.07) is 12.0. The van der Waals surface area contributed by atoms with Gasteiger partial charge in [-0.25, -0.2) is 0 Å². The van der Waals surface area contributed by atoms with Crippen LogP contribution in [-0.4, -0.2) is 37.1 Å². The second kappa shape index (κ2) is 4.77. The van der Waals surface area contributed by atoms with E-state index in [4.69, 9.17) is 0 Å². The molecule has 1 aliphatic rings. The Kier molecular flexibility index (Phi) is 3.39. The molecule has 0 aromatic heterocycles. The maximum Gasteiger partial charge on any atom is 0.0261 e. The molecule has 82 valence electrons. The lowest BCUT2D eigenvalue weighted by atomic mass is 10.0. The second-order valence-electron chi connectivity index (χ2n) is 4.52. The summed E-state index contributed by atoms with van der Waals surface area (Å²) in [5.41, 5.74) is 1.44. The van der Waals surface area contributed by atoms with E-state index in [1.165, 1.54) is 5.56 Å². The molecule has 0 aliphatic carbocycles. The van der Waals surface area contributed by atoms with Crippen LogP contribution in [0.3, 0.4) is 0 Å². The number of nitrogens with one attached hydrogen (secondary N) is 1. The molecule has 1 aliphatic heterocycles. The summed E-state index contributed by atoms with van der Waals surface area (Å²) in [6.45, 7) is 4.50. The molecular formula is C13H20N2. The zero-order valence-corrected chi connectivity index (χ0v) is 9.61. The fourth-order valence-corrected chi connectivity index (χ4v) is 2.21. The highest BCUT2D eigenvalue weighted by Gasteiger charge is 2.23. The molecule has 1 saturated heterocycles. The van der Waals surface area contributed by atoms with E-state index < -0.39 is 0 Å². The normalized spacial score (nSPS) is 27.9. The molecule has 15 heavy (non-hydrogen) atoms. The first-order chi connectivity index (χ1) is 7.27. The van der Waals surface area contributed by atoms with Gasteiger partial charge in [0.05, 0.1) is 0 Å². The van der Waals surface area contributed by atoms with E-state index in [9.17, 15) is 0 Å². The quantitative estimate of drug-likeness (QED) is 0.786. The van der Waals surface area contributed by atoms with Crippen LogP contribution in [0.4, 0.5) is 0 Å². The van der Waals surface area contributed by atoms with Gasteiger partial charge in [0.25, 0.3) is 0 Å². The lowest BCUT2D eigenvalue weighted by Gasteiger charge is -2.38. The molecule has 1 unspecified atom stereocenters. The average Bonchev–Trinajstić information content (AvgIpc) is 2.26. The van der Waals surface area contributed by atoms with Gasteiger partial charge in [-0.3, -0.25) is 4.90 Å². The molecule has 2 heteroatoms. The van der Waals surface area contributed by atoms with Gasteiger partial charge in [0.15, 0.2) is 0 Å². The van der Waals surface area contributed by atoms with Crippen LogP contribution in [0.25, 0.3) is 0 Å². The van der Waals surface area contributed by atoms with Crippen LogP contribution in [0.2, 0.25) is 0 Å². The van der Waals surface area contributed by atoms with Crippen molar-refractivity contribution in [2.24, 2.45) is 0 Å². The van der Waals surface area contributed by atoms with Crippen LogP contribution < -0.4 is 5.32 Å². The molecule has 1 aromatic rings. The van der Waals surface area contributed by atoms with Gasteiger partial charge in [-0.1, -0.05) is 30.3 Å². The van der Waals surface area contributed by atoms with Crippen molar-refractivity contribution in [2.75, 3.05) is 20.1 Å². The molecule has 0 saturated carbocycles. The van der Waals surface area contributed by atoms with Crippen molar-refractivity contribution < 1.29 is 0 Å². The summed E-state index contributed by atoms with van der Waals surface area (Å²) >= 11 is 0. The minimum atomic E-state index is 0.635. The van der Waals surface area contributed by atoms with Crippen molar-refractivity contribution in [1.82, 2.24) is 10.2 Å². The smallest absolute Gasteiger partial charge is 0.0261 e. The Labute approximate surface area is 92.3 Å². The molecule has 1 heterocycles. The maximum atomic E-state index is 3.49. The highest BCUT2D eigenvalue weighted by molar-refractivity contribution is 5.16. The second-order valence-corrected chi connectivity index (χ2v) is 4.52. The number of hydrogen-bond donors (Lipinski definition) is 1. The summed E-state index contributed by atoms with van der Waals surface area (Å²) in [5.74, 6) is 0. The fraction of sp³-hybridized carbons (Fsp3) is 0.538. The van der Waals surface area contributed by atoms with Crippen LogP contribution in [0.1, 0.15) is 12.5 Å². The van der Waals surface area contributed by atoms with Gasteiger partial charge in [-0.2, -0.15) is 0 Å². The van der Waals surface area contributed by atoms with Crippen molar-refractivity contribution in [3.8, 4) is 0 Å². The summed E-state index contributed by atoms with van der Waals surface area (Å²) in [4.78, 5) is 2.49. The lowest BCUT2D eigenvalue weighted by Crippen LogP contribution is -2.55. The van der Waals surface area contributed by atoms with E-state index in [0.717, 1.165) is 19.5 Å². The molecule has 0 spiro atoms. The molecule has 2 atom stereocenters. The number of piperazine rings is 1. The third-order valence-corrected chi connectivity index (χ3v) is 3.41. The van der Waals surface area contributed by atoms with Crippen LogP contribution in [0, 0.1) is 0 Å². The summed E-state index contributed by atoms with van der Waals surface area (Å²) in [5, 5.41) is 3.49. The summed E-state index contributed by atoms with van der Waals surface area (Å²) in [7, 11) is 2.24. The highest BCUT2D eigenvalue weighted by Crippen LogP contribution is 2.12. The Hall–Kier alpha value is -0.860. The van der Waals surface area contributed by atoms with E-state index in [-0.39, 0.29) is 0 Å². The molecule has 0 amide bonds. The van der Waals surface area contributed by atoms with Crippen LogP contribution in [-0.2, 0) is 6.42 Å². The highest BCUT2D eigenvalue weighted by atomic mass is 15.2. The molecule has 1 fully saturated rings. The standard InChI is InChI=1S/C13H20N2/c1-11-9-14-10-13(15(11)2)8-12-6-4-3-5-7-12/h3-7,11,13-14H,8-10H2,1-2H3/t11-,13?/m1/s1. The predicted molar refractivity (Wildman–Crippen MR) is 64.0 cm³/mol. The summed E-state index contributed by atoms with van der Waals surface area (Å²) in [6.07, 6.45) is 1.15. The zero-order valence-electron chi connectivity index (χ0n) is 9.61. The number of hydrogen-bond acceptors (Lipinski definition) is 2. The van der Waals surface area contributed by atoms with Gasteiger partial charge in [0, 0.05) is 25.2 Å². The number of nitrogens with zero attached hydrogens (tertiary/aromatic N) is 1. The van der Waals surface area contributed by atoms with Gasteiger partial charge in [-0.05, 0) is 26.0 Å². The van der Waals surface area contributed by atoms with Crippen LogP contribution in [0.15, 0.2) is 30.3 Å². The maximum absolute atomic E-state index is 3.49. The lowest BCUT2D eigenvalue weighted by molar-refractivity contribution is 0.140. The summed E-state index contributed by atoms with van der Waals surface area (Å²) < 4.78 is 0. The van der Waals surface area contributed by atoms with E-state index in [1.807, 2.05) is 0 Å². The first-order valence-corrected chi connectivity index (χ1v) is 5.74. The fourth-order valence-electron chi connectivity index (χ4n) is 2.21. The monoisotopic (exact) mass is 204 g/mol. The minimum absolute atomic E-state index is 0.635. The molecule has 0 radical (unpaired) electrons. The average molecular weight is 204 g/mol. The van der Waals surface area contributed by atoms with Crippen molar-refractivity contribution in [1.29, 1.82) is 0 Å². The number of benzene rings is 1. The molecule has 1 aromatic carbocycles. The predicted octanol–water partition coefficient (Wildman–Crippen LogP) is 1.52. The van der Waals surface area contributed by atoms with Crippen LogP contribution >= 0.6 is 0 Å². The molecule has 2 rings (SSSR count). The Morgan fingerprint density at radius 3 is 2.73 bits per heavy atom. The molecular weight excluding hydrogens is 184 g/mol. The van der Waals surface area contributed by atoms with Gasteiger partial charge in [0.2, 0.25) is 0 Å². The zero-order chi connectivity index (χ0) is 10.7. The topological polar surface area (TPSA) is 15.3 Å². The molecule has 2 nitrogen and oxygen atoms in total. The first-order valence-electron chi connectivity index (χ1n) is 5.74. The Bertz CT molecular complexity index is 297. The van der Waals surface area contributed by atoms with E-state index in [0.29, 0.717) is 12.1 Å². The number of rotatable bonds is 2. The Balaban J connectivity index is 1.99. The van der Waals surface area contributed by atoms with E-state index >= 15 is 0 Å². The molecule has 1 N–H and O–H groups in total. The van der Waals surface area contributed by atoms with Crippen molar-refractivity contribution in [2.45, 2.75) is 25.4 Å². The van der Waals surface area contributed by atoms with Gasteiger partial charge >= 0.3 is 0 Å². The van der Waals surface area contributed by atoms with Gasteiger partial charge in [0.1, 0.15) is 0 Å². The Morgan fingerprint density at radius 1 is 1.27 bits per heavy atom. The largest absolute Gasteiger partial charge is 0.314 e. The van der Waals surface area contributed by atoms with E-state index in [1.54, 1.807) is 0 Å². The van der Waals surface area contributed by atoms with Gasteiger partial charge in [-0.15, -0.1) is 0 Å².